The molecule has 0 saturated heterocycles. The van der Waals surface area contributed by atoms with Gasteiger partial charge in [-0.2, -0.15) is 0 Å². The van der Waals surface area contributed by atoms with Crippen LogP contribution in [0.25, 0.3) is 0 Å². The van der Waals surface area contributed by atoms with Crippen molar-refractivity contribution in [2.45, 2.75) is 19.3 Å². The van der Waals surface area contributed by atoms with Crippen LogP contribution in [0.5, 0.6) is 0 Å². The summed E-state index contributed by atoms with van der Waals surface area (Å²) in [7, 11) is 0. The molecule has 0 rings (SSSR count). The first kappa shape index (κ1) is 8.21. The number of allylic oxidation sites excluding steroid dienone is 1. The second-order valence-electron chi connectivity index (χ2n) is 1.86. The molecular formula is C7H13NO. The minimum absolute atomic E-state index is 0.730. The molecule has 0 saturated carbocycles. The molecule has 0 spiro atoms. The van der Waals surface area contributed by atoms with E-state index in [4.69, 9.17) is 0 Å². The van der Waals surface area contributed by atoms with Gasteiger partial charge in [0.1, 0.15) is 0 Å². The van der Waals surface area contributed by atoms with Crippen LogP contribution in [-0.4, -0.2) is 13.0 Å². The highest BCUT2D eigenvalue weighted by molar-refractivity contribution is 5.45. The van der Waals surface area contributed by atoms with Crippen molar-refractivity contribution in [3.8, 4) is 0 Å². The maximum Gasteiger partial charge on any atom is 0.207 e. The number of hydrogen-bond donors (Lipinski definition) is 1. The maximum atomic E-state index is 9.71. The second-order valence-corrected chi connectivity index (χ2v) is 1.86. The third-order valence-corrected chi connectivity index (χ3v) is 1.06. The molecule has 0 fully saturated rings. The van der Waals surface area contributed by atoms with Crippen molar-refractivity contribution in [1.29, 1.82) is 0 Å². The van der Waals surface area contributed by atoms with Crippen molar-refractivity contribution >= 4 is 6.41 Å². The van der Waals surface area contributed by atoms with E-state index >= 15 is 0 Å². The lowest BCUT2D eigenvalue weighted by molar-refractivity contribution is -0.109. The predicted molar refractivity (Wildman–Crippen MR) is 38.1 cm³/mol. The fourth-order valence-electron chi connectivity index (χ4n) is 0.575. The van der Waals surface area contributed by atoms with E-state index in [0.29, 0.717) is 0 Å². The molecule has 0 bridgehead atoms. The Kier molecular flexibility index (Phi) is 6.58. The summed E-state index contributed by atoms with van der Waals surface area (Å²) in [6.07, 6.45) is 5.82. The zero-order chi connectivity index (χ0) is 6.95. The highest BCUT2D eigenvalue weighted by Gasteiger charge is 1.82. The summed E-state index contributed by atoms with van der Waals surface area (Å²) >= 11 is 0. The van der Waals surface area contributed by atoms with Crippen LogP contribution >= 0.6 is 0 Å². The number of nitrogens with one attached hydrogen (secondary N) is 1. The topological polar surface area (TPSA) is 29.1 Å². The molecule has 1 amide bonds. The number of carbonyl (C=O) groups is 1. The molecule has 1 N–H and O–H groups in total. The van der Waals surface area contributed by atoms with Crippen LogP contribution in [0.1, 0.15) is 19.3 Å². The van der Waals surface area contributed by atoms with E-state index in [1.807, 2.05) is 6.08 Å². The first-order chi connectivity index (χ1) is 4.41. The molecule has 2 heteroatoms. The van der Waals surface area contributed by atoms with Crippen molar-refractivity contribution in [2.24, 2.45) is 0 Å². The molecule has 9 heavy (non-hydrogen) atoms. The first-order valence-corrected chi connectivity index (χ1v) is 3.19. The van der Waals surface area contributed by atoms with Gasteiger partial charge >= 0.3 is 0 Å². The molecule has 0 aromatic heterocycles. The van der Waals surface area contributed by atoms with Gasteiger partial charge in [0.25, 0.3) is 0 Å². The lowest BCUT2D eigenvalue weighted by atomic mass is 10.2. The Morgan fingerprint density at radius 1 is 1.44 bits per heavy atom. The summed E-state index contributed by atoms with van der Waals surface area (Å²) < 4.78 is 0. The summed E-state index contributed by atoms with van der Waals surface area (Å²) in [6.45, 7) is 4.38. The maximum absolute atomic E-state index is 9.71. The summed E-state index contributed by atoms with van der Waals surface area (Å²) in [6, 6.07) is 0. The van der Waals surface area contributed by atoms with Crippen LogP contribution in [0.15, 0.2) is 12.7 Å². The van der Waals surface area contributed by atoms with Crippen LogP contribution < -0.4 is 5.32 Å². The van der Waals surface area contributed by atoms with Gasteiger partial charge in [0.15, 0.2) is 0 Å². The van der Waals surface area contributed by atoms with E-state index in [2.05, 4.69) is 11.9 Å². The largest absolute Gasteiger partial charge is 0.359 e. The lowest BCUT2D eigenvalue weighted by Crippen LogP contribution is -2.11. The van der Waals surface area contributed by atoms with Crippen molar-refractivity contribution in [3.05, 3.63) is 12.7 Å². The Morgan fingerprint density at radius 3 is 2.78 bits per heavy atom. The van der Waals surface area contributed by atoms with Crippen LogP contribution in [0, 0.1) is 0 Å². The number of unbranched alkanes of at least 4 members (excludes halogenated alkanes) is 2. The van der Waals surface area contributed by atoms with E-state index < -0.39 is 0 Å². The van der Waals surface area contributed by atoms with E-state index in [9.17, 15) is 4.79 Å². The molecule has 0 aromatic carbocycles. The number of amides is 1. The monoisotopic (exact) mass is 127 g/mol. The van der Waals surface area contributed by atoms with Gasteiger partial charge in [-0.05, 0) is 19.3 Å². The Bertz CT molecular complexity index is 71.0. The zero-order valence-corrected chi connectivity index (χ0v) is 5.60. The average molecular weight is 127 g/mol. The van der Waals surface area contributed by atoms with Crippen LogP contribution in [0.2, 0.25) is 0 Å². The smallest absolute Gasteiger partial charge is 0.207 e. The quantitative estimate of drug-likeness (QED) is 0.323. The summed E-state index contributed by atoms with van der Waals surface area (Å²) in [5.74, 6) is 0. The normalized spacial score (nSPS) is 8.44. The van der Waals surface area contributed by atoms with Gasteiger partial charge in [-0.3, -0.25) is 4.79 Å². The van der Waals surface area contributed by atoms with E-state index in [0.717, 1.165) is 32.2 Å². The van der Waals surface area contributed by atoms with Crippen LogP contribution in [0.3, 0.4) is 0 Å². The third kappa shape index (κ3) is 7.21. The Morgan fingerprint density at radius 2 is 2.22 bits per heavy atom. The standard InChI is InChI=1S/C7H13NO/c1-2-3-4-5-6-8-7-9/h2,7H,1,3-6H2,(H,8,9). The highest BCUT2D eigenvalue weighted by atomic mass is 16.1. The second kappa shape index (κ2) is 7.21. The van der Waals surface area contributed by atoms with Gasteiger partial charge in [0.2, 0.25) is 6.41 Å². The van der Waals surface area contributed by atoms with E-state index in [-0.39, 0.29) is 0 Å². The molecule has 0 aliphatic heterocycles. The molecule has 0 heterocycles. The van der Waals surface area contributed by atoms with Gasteiger partial charge < -0.3 is 5.32 Å². The molecule has 0 aliphatic rings. The van der Waals surface area contributed by atoms with Gasteiger partial charge in [-0.1, -0.05) is 6.08 Å². The summed E-state index contributed by atoms with van der Waals surface area (Å²) in [5.41, 5.74) is 0. The van der Waals surface area contributed by atoms with Gasteiger partial charge in [-0.25, -0.2) is 0 Å². The Labute approximate surface area is 56.0 Å². The van der Waals surface area contributed by atoms with Gasteiger partial charge in [-0.15, -0.1) is 6.58 Å². The molecular weight excluding hydrogens is 114 g/mol. The molecule has 2 nitrogen and oxygen atoms in total. The number of carbonyl (C=O) groups excluding carboxylic acids is 1. The molecule has 0 unspecified atom stereocenters. The third-order valence-electron chi connectivity index (χ3n) is 1.06. The van der Waals surface area contributed by atoms with Crippen LogP contribution in [0.4, 0.5) is 0 Å². The molecule has 0 aromatic rings. The van der Waals surface area contributed by atoms with Gasteiger partial charge in [0.05, 0.1) is 0 Å². The van der Waals surface area contributed by atoms with Crippen molar-refractivity contribution in [3.63, 3.8) is 0 Å². The van der Waals surface area contributed by atoms with Crippen molar-refractivity contribution in [2.75, 3.05) is 6.54 Å². The Balaban J connectivity index is 2.74. The predicted octanol–water partition coefficient (Wildman–Crippen LogP) is 1.09. The Hall–Kier alpha value is -0.790. The van der Waals surface area contributed by atoms with Crippen molar-refractivity contribution < 1.29 is 4.79 Å². The average Bonchev–Trinajstić information content (AvgIpc) is 1.89. The molecule has 0 atom stereocenters. The van der Waals surface area contributed by atoms with Gasteiger partial charge in [0, 0.05) is 6.54 Å². The molecule has 0 aliphatic carbocycles. The lowest BCUT2D eigenvalue weighted by Gasteiger charge is -1.94. The fraction of sp³-hybridized carbons (Fsp3) is 0.571. The summed E-state index contributed by atoms with van der Waals surface area (Å²) in [5, 5.41) is 2.59. The highest BCUT2D eigenvalue weighted by Crippen LogP contribution is 1.92. The number of hydrogen-bond acceptors (Lipinski definition) is 1. The first-order valence-electron chi connectivity index (χ1n) is 3.19. The zero-order valence-electron chi connectivity index (χ0n) is 5.60. The minimum atomic E-state index is 0.730. The minimum Gasteiger partial charge on any atom is -0.359 e. The van der Waals surface area contributed by atoms with E-state index in [1.165, 1.54) is 0 Å². The van der Waals surface area contributed by atoms with E-state index in [1.54, 1.807) is 0 Å². The molecule has 0 radical (unpaired) electrons. The van der Waals surface area contributed by atoms with Crippen LogP contribution in [-0.2, 0) is 4.79 Å². The number of rotatable bonds is 6. The SMILES string of the molecule is C=CCCCCNC=O. The summed E-state index contributed by atoms with van der Waals surface area (Å²) in [4.78, 5) is 9.71. The fourth-order valence-corrected chi connectivity index (χ4v) is 0.575. The van der Waals surface area contributed by atoms with Crippen molar-refractivity contribution in [1.82, 2.24) is 5.32 Å². The molecule has 52 valence electrons.